The van der Waals surface area contributed by atoms with Gasteiger partial charge in [0.05, 0.1) is 0 Å². The van der Waals surface area contributed by atoms with E-state index in [1.165, 1.54) is 5.56 Å². The number of halogens is 1. The number of phenols is 1. The zero-order chi connectivity index (χ0) is 8.27. The molecule has 1 aromatic carbocycles. The number of phenolic OH excluding ortho intramolecular Hbond substituents is 1. The number of benzene rings is 1. The Bertz CT molecular complexity index is 245. The summed E-state index contributed by atoms with van der Waals surface area (Å²) < 4.78 is 0. The minimum Gasteiger partial charge on any atom is -0.508 e. The fraction of sp³-hybridized carbons (Fsp3) is 0.333. The fourth-order valence-corrected chi connectivity index (χ4v) is 1.27. The number of aryl methyl sites for hydroxylation is 2. The molecule has 0 atom stereocenters. The zero-order valence-corrected chi connectivity index (χ0v) is 7.23. The third-order valence-corrected chi connectivity index (χ3v) is 1.88. The van der Waals surface area contributed by atoms with Crippen LogP contribution in [0.1, 0.15) is 11.1 Å². The predicted molar refractivity (Wildman–Crippen MR) is 47.3 cm³/mol. The number of hydrogen-bond donors (Lipinski definition) is 1. The number of rotatable bonds is 2. The molecule has 1 N–H and O–H groups in total. The van der Waals surface area contributed by atoms with Gasteiger partial charge in [0.1, 0.15) is 5.75 Å². The predicted octanol–water partition coefficient (Wildman–Crippen LogP) is 2.48. The molecular weight excluding hydrogens is 160 g/mol. The molecule has 0 spiro atoms. The zero-order valence-electron chi connectivity index (χ0n) is 6.47. The first-order valence-electron chi connectivity index (χ1n) is 3.58. The number of alkyl halides is 1. The van der Waals surface area contributed by atoms with Crippen LogP contribution in [-0.2, 0) is 6.42 Å². The molecule has 2 heteroatoms. The highest BCUT2D eigenvalue weighted by molar-refractivity contribution is 6.18. The summed E-state index contributed by atoms with van der Waals surface area (Å²) >= 11 is 5.59. The van der Waals surface area contributed by atoms with Crippen molar-refractivity contribution < 1.29 is 5.11 Å². The van der Waals surface area contributed by atoms with Gasteiger partial charge in [-0.05, 0) is 36.6 Å². The van der Waals surface area contributed by atoms with Crippen LogP contribution in [0, 0.1) is 6.92 Å². The van der Waals surface area contributed by atoms with Crippen LogP contribution in [0.15, 0.2) is 18.2 Å². The van der Waals surface area contributed by atoms with Gasteiger partial charge in [0, 0.05) is 5.88 Å². The van der Waals surface area contributed by atoms with Crippen LogP contribution >= 0.6 is 11.6 Å². The second-order valence-electron chi connectivity index (χ2n) is 2.55. The van der Waals surface area contributed by atoms with Gasteiger partial charge in [-0.1, -0.05) is 6.07 Å². The molecule has 60 valence electrons. The van der Waals surface area contributed by atoms with Crippen LogP contribution < -0.4 is 0 Å². The number of hydrogen-bond acceptors (Lipinski definition) is 1. The molecule has 0 heterocycles. The highest BCUT2D eigenvalue weighted by Crippen LogP contribution is 2.16. The summed E-state index contributed by atoms with van der Waals surface area (Å²) in [6, 6.07) is 5.35. The van der Waals surface area contributed by atoms with Gasteiger partial charge in [0.25, 0.3) is 0 Å². The van der Waals surface area contributed by atoms with Gasteiger partial charge in [0.15, 0.2) is 0 Å². The maximum Gasteiger partial charge on any atom is 0.115 e. The smallest absolute Gasteiger partial charge is 0.115 e. The van der Waals surface area contributed by atoms with E-state index in [1.807, 2.05) is 13.0 Å². The molecule has 0 aromatic heterocycles. The third-order valence-electron chi connectivity index (χ3n) is 1.69. The fourth-order valence-electron chi connectivity index (χ4n) is 1.06. The molecule has 0 aliphatic carbocycles. The lowest BCUT2D eigenvalue weighted by atomic mass is 10.1. The SMILES string of the molecule is Cc1cc(O)ccc1CCCl. The molecule has 1 rings (SSSR count). The highest BCUT2D eigenvalue weighted by Gasteiger charge is 1.97. The lowest BCUT2D eigenvalue weighted by molar-refractivity contribution is 0.474. The molecule has 0 fully saturated rings. The minimum atomic E-state index is 0.320. The summed E-state index contributed by atoms with van der Waals surface area (Å²) in [6.07, 6.45) is 0.869. The van der Waals surface area contributed by atoms with E-state index in [9.17, 15) is 0 Å². The Morgan fingerprint density at radius 2 is 2.18 bits per heavy atom. The van der Waals surface area contributed by atoms with Crippen molar-refractivity contribution in [3.05, 3.63) is 29.3 Å². The normalized spacial score (nSPS) is 10.0. The second-order valence-corrected chi connectivity index (χ2v) is 2.93. The summed E-state index contributed by atoms with van der Waals surface area (Å²) in [4.78, 5) is 0. The molecule has 0 unspecified atom stereocenters. The van der Waals surface area contributed by atoms with E-state index in [1.54, 1.807) is 12.1 Å². The van der Waals surface area contributed by atoms with Crippen molar-refractivity contribution in [2.75, 3.05) is 5.88 Å². The van der Waals surface area contributed by atoms with E-state index in [-0.39, 0.29) is 0 Å². The van der Waals surface area contributed by atoms with E-state index in [0.29, 0.717) is 11.6 Å². The van der Waals surface area contributed by atoms with Gasteiger partial charge >= 0.3 is 0 Å². The molecule has 11 heavy (non-hydrogen) atoms. The Labute approximate surface area is 71.6 Å². The maximum absolute atomic E-state index is 9.07. The molecule has 0 aliphatic heterocycles. The monoisotopic (exact) mass is 170 g/mol. The molecule has 1 aromatic rings. The Morgan fingerprint density at radius 3 is 2.73 bits per heavy atom. The average Bonchev–Trinajstić information content (AvgIpc) is 1.95. The van der Waals surface area contributed by atoms with Gasteiger partial charge < -0.3 is 5.11 Å². The van der Waals surface area contributed by atoms with E-state index < -0.39 is 0 Å². The quantitative estimate of drug-likeness (QED) is 0.677. The molecule has 0 bridgehead atoms. The van der Waals surface area contributed by atoms with Crippen molar-refractivity contribution in [1.82, 2.24) is 0 Å². The lowest BCUT2D eigenvalue weighted by Gasteiger charge is -2.02. The molecule has 1 nitrogen and oxygen atoms in total. The Kier molecular flexibility index (Phi) is 2.77. The van der Waals surface area contributed by atoms with Crippen molar-refractivity contribution in [3.63, 3.8) is 0 Å². The summed E-state index contributed by atoms with van der Waals surface area (Å²) in [5.74, 6) is 0.951. The number of aromatic hydroxyl groups is 1. The van der Waals surface area contributed by atoms with Crippen LogP contribution in [0.5, 0.6) is 5.75 Å². The van der Waals surface area contributed by atoms with Gasteiger partial charge in [-0.25, -0.2) is 0 Å². The summed E-state index contributed by atoms with van der Waals surface area (Å²) in [5, 5.41) is 9.07. The Morgan fingerprint density at radius 1 is 1.45 bits per heavy atom. The Balaban J connectivity index is 2.90. The van der Waals surface area contributed by atoms with E-state index in [0.717, 1.165) is 12.0 Å². The van der Waals surface area contributed by atoms with Crippen LogP contribution in [-0.4, -0.2) is 11.0 Å². The van der Waals surface area contributed by atoms with Gasteiger partial charge in [-0.15, -0.1) is 11.6 Å². The van der Waals surface area contributed by atoms with Gasteiger partial charge in [-0.2, -0.15) is 0 Å². The van der Waals surface area contributed by atoms with Crippen molar-refractivity contribution in [1.29, 1.82) is 0 Å². The van der Waals surface area contributed by atoms with Crippen molar-refractivity contribution in [2.45, 2.75) is 13.3 Å². The van der Waals surface area contributed by atoms with Gasteiger partial charge in [-0.3, -0.25) is 0 Å². The van der Waals surface area contributed by atoms with Crippen LogP contribution in [0.4, 0.5) is 0 Å². The molecule has 0 aliphatic rings. The minimum absolute atomic E-state index is 0.320. The second kappa shape index (κ2) is 3.63. The Hall–Kier alpha value is -0.690. The molecule has 0 radical (unpaired) electrons. The highest BCUT2D eigenvalue weighted by atomic mass is 35.5. The molecular formula is C9H11ClO. The molecule has 0 amide bonds. The topological polar surface area (TPSA) is 20.2 Å². The molecule has 0 saturated carbocycles. The lowest BCUT2D eigenvalue weighted by Crippen LogP contribution is -1.89. The van der Waals surface area contributed by atoms with Crippen molar-refractivity contribution >= 4 is 11.6 Å². The largest absolute Gasteiger partial charge is 0.508 e. The summed E-state index contributed by atoms with van der Waals surface area (Å²) in [5.41, 5.74) is 2.31. The van der Waals surface area contributed by atoms with E-state index in [2.05, 4.69) is 0 Å². The first-order valence-corrected chi connectivity index (χ1v) is 4.12. The van der Waals surface area contributed by atoms with Gasteiger partial charge in [0.2, 0.25) is 0 Å². The summed E-state index contributed by atoms with van der Waals surface area (Å²) in [7, 11) is 0. The standard InChI is InChI=1S/C9H11ClO/c1-7-6-9(11)3-2-8(7)4-5-10/h2-3,6,11H,4-5H2,1H3. The van der Waals surface area contributed by atoms with E-state index >= 15 is 0 Å². The third kappa shape index (κ3) is 2.12. The van der Waals surface area contributed by atoms with Crippen LogP contribution in [0.3, 0.4) is 0 Å². The van der Waals surface area contributed by atoms with Crippen LogP contribution in [0.2, 0.25) is 0 Å². The molecule has 0 saturated heterocycles. The van der Waals surface area contributed by atoms with E-state index in [4.69, 9.17) is 16.7 Å². The first-order chi connectivity index (χ1) is 5.24. The summed E-state index contributed by atoms with van der Waals surface area (Å²) in [6.45, 7) is 1.97. The van der Waals surface area contributed by atoms with Crippen molar-refractivity contribution in [3.8, 4) is 5.75 Å². The first kappa shape index (κ1) is 8.41. The maximum atomic E-state index is 9.07. The average molecular weight is 171 g/mol. The van der Waals surface area contributed by atoms with Crippen molar-refractivity contribution in [2.24, 2.45) is 0 Å². The van der Waals surface area contributed by atoms with Crippen LogP contribution in [0.25, 0.3) is 0 Å².